The number of para-hydroxylation sites is 1. The molecule has 0 saturated carbocycles. The van der Waals surface area contributed by atoms with Crippen molar-refractivity contribution in [2.24, 2.45) is 0 Å². The van der Waals surface area contributed by atoms with Crippen LogP contribution in [-0.2, 0) is 0 Å². The van der Waals surface area contributed by atoms with E-state index in [4.69, 9.17) is 4.74 Å². The third-order valence-corrected chi connectivity index (χ3v) is 3.09. The first-order valence-corrected chi connectivity index (χ1v) is 6.22. The lowest BCUT2D eigenvalue weighted by atomic mass is 9.94. The summed E-state index contributed by atoms with van der Waals surface area (Å²) in [4.78, 5) is 0. The lowest BCUT2D eigenvalue weighted by Gasteiger charge is -2.18. The standard InChI is InChI=1S/C14H21NO/c1-11(2)15-10-12-6-5-9-16-14-8-4-3-7-13(12)14/h3-4,7-8,11-12,15H,5-6,9-10H2,1-2H3. The van der Waals surface area contributed by atoms with Gasteiger partial charge >= 0.3 is 0 Å². The van der Waals surface area contributed by atoms with Crippen molar-refractivity contribution in [3.8, 4) is 5.75 Å². The third kappa shape index (κ3) is 2.76. The second-order valence-corrected chi connectivity index (χ2v) is 4.79. The van der Waals surface area contributed by atoms with Crippen LogP contribution in [0.3, 0.4) is 0 Å². The van der Waals surface area contributed by atoms with Crippen molar-refractivity contribution in [3.05, 3.63) is 29.8 Å². The predicted octanol–water partition coefficient (Wildman–Crippen LogP) is 2.94. The van der Waals surface area contributed by atoms with E-state index in [0.29, 0.717) is 12.0 Å². The molecule has 1 heterocycles. The molecule has 2 nitrogen and oxygen atoms in total. The minimum absolute atomic E-state index is 0.552. The lowest BCUT2D eigenvalue weighted by molar-refractivity contribution is 0.316. The number of hydrogen-bond acceptors (Lipinski definition) is 2. The van der Waals surface area contributed by atoms with Crippen LogP contribution in [0.5, 0.6) is 5.75 Å². The highest BCUT2D eigenvalue weighted by atomic mass is 16.5. The Morgan fingerprint density at radius 2 is 2.19 bits per heavy atom. The summed E-state index contributed by atoms with van der Waals surface area (Å²) in [5, 5.41) is 3.53. The number of nitrogens with one attached hydrogen (secondary N) is 1. The number of fused-ring (bicyclic) bond motifs is 1. The zero-order valence-electron chi connectivity index (χ0n) is 10.2. The molecular weight excluding hydrogens is 198 g/mol. The van der Waals surface area contributed by atoms with Gasteiger partial charge in [-0.05, 0) is 24.5 Å². The van der Waals surface area contributed by atoms with Gasteiger partial charge in [0.05, 0.1) is 6.61 Å². The van der Waals surface area contributed by atoms with E-state index in [2.05, 4.69) is 43.4 Å². The molecule has 2 heteroatoms. The van der Waals surface area contributed by atoms with Gasteiger partial charge in [-0.2, -0.15) is 0 Å². The Hall–Kier alpha value is -1.02. The molecule has 0 saturated heterocycles. The number of hydrogen-bond donors (Lipinski definition) is 1. The van der Waals surface area contributed by atoms with Gasteiger partial charge < -0.3 is 10.1 Å². The van der Waals surface area contributed by atoms with Gasteiger partial charge in [0.2, 0.25) is 0 Å². The molecule has 1 atom stereocenters. The van der Waals surface area contributed by atoms with Gasteiger partial charge in [-0.15, -0.1) is 0 Å². The highest BCUT2D eigenvalue weighted by Gasteiger charge is 2.18. The molecule has 0 fully saturated rings. The summed E-state index contributed by atoms with van der Waals surface area (Å²) in [6.45, 7) is 6.30. The molecule has 2 rings (SSSR count). The van der Waals surface area contributed by atoms with Gasteiger partial charge in [-0.1, -0.05) is 32.0 Å². The zero-order chi connectivity index (χ0) is 11.4. The van der Waals surface area contributed by atoms with Crippen LogP contribution < -0.4 is 10.1 Å². The van der Waals surface area contributed by atoms with Crippen LogP contribution >= 0.6 is 0 Å². The number of rotatable bonds is 3. The van der Waals surface area contributed by atoms with Crippen LogP contribution in [0.4, 0.5) is 0 Å². The van der Waals surface area contributed by atoms with Gasteiger partial charge in [0.15, 0.2) is 0 Å². The van der Waals surface area contributed by atoms with E-state index in [1.54, 1.807) is 0 Å². The molecule has 88 valence electrons. The molecule has 16 heavy (non-hydrogen) atoms. The summed E-state index contributed by atoms with van der Waals surface area (Å²) in [6, 6.07) is 9.00. The third-order valence-electron chi connectivity index (χ3n) is 3.09. The SMILES string of the molecule is CC(C)NCC1CCCOc2ccccc21. The largest absolute Gasteiger partial charge is 0.493 e. The Morgan fingerprint density at radius 3 is 3.00 bits per heavy atom. The highest BCUT2D eigenvalue weighted by molar-refractivity contribution is 5.37. The topological polar surface area (TPSA) is 21.3 Å². The maximum Gasteiger partial charge on any atom is 0.122 e. The van der Waals surface area contributed by atoms with Crippen molar-refractivity contribution < 1.29 is 4.74 Å². The Morgan fingerprint density at radius 1 is 1.38 bits per heavy atom. The quantitative estimate of drug-likeness (QED) is 0.844. The summed E-state index contributed by atoms with van der Waals surface area (Å²) in [5.74, 6) is 1.68. The first-order chi connectivity index (χ1) is 7.77. The molecule has 1 aromatic rings. The fourth-order valence-corrected chi connectivity index (χ4v) is 2.21. The molecular formula is C14H21NO. The van der Waals surface area contributed by atoms with E-state index in [1.807, 2.05) is 0 Å². The van der Waals surface area contributed by atoms with Crippen molar-refractivity contribution in [1.29, 1.82) is 0 Å². The van der Waals surface area contributed by atoms with E-state index in [-0.39, 0.29) is 0 Å². The minimum atomic E-state index is 0.552. The molecule has 0 spiro atoms. The zero-order valence-corrected chi connectivity index (χ0v) is 10.2. The van der Waals surface area contributed by atoms with E-state index >= 15 is 0 Å². The maximum absolute atomic E-state index is 5.76. The van der Waals surface area contributed by atoms with Gasteiger partial charge in [0, 0.05) is 18.5 Å². The van der Waals surface area contributed by atoms with Crippen LogP contribution in [0.2, 0.25) is 0 Å². The van der Waals surface area contributed by atoms with Crippen LogP contribution in [0.15, 0.2) is 24.3 Å². The highest BCUT2D eigenvalue weighted by Crippen LogP contribution is 2.32. The molecule has 1 aliphatic rings. The average molecular weight is 219 g/mol. The molecule has 0 aliphatic carbocycles. The summed E-state index contributed by atoms with van der Waals surface area (Å²) in [6.07, 6.45) is 2.37. The number of ether oxygens (including phenoxy) is 1. The van der Waals surface area contributed by atoms with Crippen LogP contribution in [-0.4, -0.2) is 19.2 Å². The second kappa shape index (κ2) is 5.35. The molecule has 1 N–H and O–H groups in total. The lowest BCUT2D eigenvalue weighted by Crippen LogP contribution is -2.27. The molecule has 0 aromatic heterocycles. The van der Waals surface area contributed by atoms with Crippen molar-refractivity contribution in [2.75, 3.05) is 13.2 Å². The van der Waals surface area contributed by atoms with E-state index < -0.39 is 0 Å². The predicted molar refractivity (Wildman–Crippen MR) is 67.1 cm³/mol. The van der Waals surface area contributed by atoms with E-state index in [9.17, 15) is 0 Å². The molecule has 1 aromatic carbocycles. The first kappa shape index (κ1) is 11.5. The number of benzene rings is 1. The summed E-state index contributed by atoms with van der Waals surface area (Å²) in [5.41, 5.74) is 1.37. The second-order valence-electron chi connectivity index (χ2n) is 4.79. The summed E-state index contributed by atoms with van der Waals surface area (Å²) < 4.78 is 5.76. The fraction of sp³-hybridized carbons (Fsp3) is 0.571. The van der Waals surface area contributed by atoms with Gasteiger partial charge in [-0.25, -0.2) is 0 Å². The maximum atomic E-state index is 5.76. The smallest absolute Gasteiger partial charge is 0.122 e. The average Bonchev–Trinajstić information content (AvgIpc) is 2.48. The Balaban J connectivity index is 2.12. The Labute approximate surface area is 98.0 Å². The molecule has 0 bridgehead atoms. The van der Waals surface area contributed by atoms with E-state index in [0.717, 1.165) is 25.3 Å². The van der Waals surface area contributed by atoms with Crippen molar-refractivity contribution >= 4 is 0 Å². The normalized spacial score (nSPS) is 20.1. The van der Waals surface area contributed by atoms with Crippen LogP contribution in [0.25, 0.3) is 0 Å². The van der Waals surface area contributed by atoms with Gasteiger partial charge in [0.1, 0.15) is 5.75 Å². The summed E-state index contributed by atoms with van der Waals surface area (Å²) >= 11 is 0. The van der Waals surface area contributed by atoms with Crippen molar-refractivity contribution in [1.82, 2.24) is 5.32 Å². The molecule has 0 amide bonds. The molecule has 1 aliphatic heterocycles. The fourth-order valence-electron chi connectivity index (χ4n) is 2.21. The van der Waals surface area contributed by atoms with Crippen molar-refractivity contribution in [3.63, 3.8) is 0 Å². The van der Waals surface area contributed by atoms with E-state index in [1.165, 1.54) is 12.0 Å². The van der Waals surface area contributed by atoms with Crippen LogP contribution in [0, 0.1) is 0 Å². The summed E-state index contributed by atoms with van der Waals surface area (Å²) in [7, 11) is 0. The first-order valence-electron chi connectivity index (χ1n) is 6.22. The molecule has 0 radical (unpaired) electrons. The van der Waals surface area contributed by atoms with Gasteiger partial charge in [0.25, 0.3) is 0 Å². The van der Waals surface area contributed by atoms with Crippen LogP contribution in [0.1, 0.15) is 38.2 Å². The molecule has 1 unspecified atom stereocenters. The van der Waals surface area contributed by atoms with Gasteiger partial charge in [-0.3, -0.25) is 0 Å². The Bertz CT molecular complexity index is 335. The monoisotopic (exact) mass is 219 g/mol. The Kier molecular flexibility index (Phi) is 3.83. The minimum Gasteiger partial charge on any atom is -0.493 e. The van der Waals surface area contributed by atoms with Crippen molar-refractivity contribution in [2.45, 2.75) is 38.6 Å².